The minimum Gasteiger partial charge on any atom is -0.339 e. The van der Waals surface area contributed by atoms with Crippen LogP contribution in [0.5, 0.6) is 0 Å². The maximum atomic E-state index is 12.5. The highest BCUT2D eigenvalue weighted by molar-refractivity contribution is 9.10. The number of benzene rings is 1. The van der Waals surface area contributed by atoms with E-state index in [1.54, 1.807) is 4.90 Å². The van der Waals surface area contributed by atoms with Gasteiger partial charge in [-0.2, -0.15) is 0 Å². The number of likely N-dealkylation sites (tertiary alicyclic amines) is 1. The summed E-state index contributed by atoms with van der Waals surface area (Å²) in [7, 11) is 0. The van der Waals surface area contributed by atoms with Crippen molar-refractivity contribution in [3.63, 3.8) is 0 Å². The van der Waals surface area contributed by atoms with E-state index < -0.39 is 11.2 Å². The number of hydrogen-bond donors (Lipinski definition) is 2. The third kappa shape index (κ3) is 4.20. The summed E-state index contributed by atoms with van der Waals surface area (Å²) in [6.07, 6.45) is 1.32. The van der Waals surface area contributed by atoms with Crippen molar-refractivity contribution < 1.29 is 4.79 Å². The SMILES string of the molecule is Cl.N[C@@H]1CN(C(=O)Cn2cc(Br)c(=O)[nH]c2=O)C[C@H]1c1ccccc1. The zero-order chi connectivity index (χ0) is 17.3. The Hall–Kier alpha value is -1.90. The predicted molar refractivity (Wildman–Crippen MR) is 100 cm³/mol. The molecule has 0 radical (unpaired) electrons. The highest BCUT2D eigenvalue weighted by Gasteiger charge is 2.33. The Morgan fingerprint density at radius 2 is 1.92 bits per heavy atom. The van der Waals surface area contributed by atoms with Crippen LogP contribution >= 0.6 is 28.3 Å². The Morgan fingerprint density at radius 1 is 1.24 bits per heavy atom. The molecule has 0 spiro atoms. The monoisotopic (exact) mass is 428 g/mol. The number of amides is 1. The number of rotatable bonds is 3. The van der Waals surface area contributed by atoms with Crippen molar-refractivity contribution in [2.45, 2.75) is 18.5 Å². The van der Waals surface area contributed by atoms with Gasteiger partial charge in [-0.3, -0.25) is 19.1 Å². The van der Waals surface area contributed by atoms with E-state index in [0.29, 0.717) is 13.1 Å². The molecular formula is C16H18BrClN4O3. The van der Waals surface area contributed by atoms with Gasteiger partial charge in [0.15, 0.2) is 0 Å². The fourth-order valence-electron chi connectivity index (χ4n) is 2.93. The number of aromatic amines is 1. The minimum absolute atomic E-state index is 0. The summed E-state index contributed by atoms with van der Waals surface area (Å²) >= 11 is 3.05. The topological polar surface area (TPSA) is 101 Å². The van der Waals surface area contributed by atoms with Crippen molar-refractivity contribution >= 4 is 34.2 Å². The van der Waals surface area contributed by atoms with E-state index in [4.69, 9.17) is 5.73 Å². The highest BCUT2D eigenvalue weighted by atomic mass is 79.9. The summed E-state index contributed by atoms with van der Waals surface area (Å²) in [5.74, 6) is -0.126. The molecule has 0 aliphatic carbocycles. The molecule has 7 nitrogen and oxygen atoms in total. The molecule has 0 unspecified atom stereocenters. The molecule has 0 bridgehead atoms. The van der Waals surface area contributed by atoms with Gasteiger partial charge in [0.2, 0.25) is 5.91 Å². The van der Waals surface area contributed by atoms with Crippen LogP contribution in [0.25, 0.3) is 0 Å². The van der Waals surface area contributed by atoms with Gasteiger partial charge in [-0.25, -0.2) is 4.79 Å². The Morgan fingerprint density at radius 3 is 2.60 bits per heavy atom. The van der Waals surface area contributed by atoms with Gasteiger partial charge in [-0.15, -0.1) is 12.4 Å². The van der Waals surface area contributed by atoms with Crippen LogP contribution in [0.1, 0.15) is 11.5 Å². The lowest BCUT2D eigenvalue weighted by molar-refractivity contribution is -0.130. The lowest BCUT2D eigenvalue weighted by atomic mass is 9.95. The second-order valence-corrected chi connectivity index (χ2v) is 6.70. The van der Waals surface area contributed by atoms with Gasteiger partial charge in [0.05, 0.1) is 4.47 Å². The molecule has 1 saturated heterocycles. The van der Waals surface area contributed by atoms with Gasteiger partial charge in [0.25, 0.3) is 5.56 Å². The van der Waals surface area contributed by atoms with Crippen LogP contribution in [0.4, 0.5) is 0 Å². The van der Waals surface area contributed by atoms with Gasteiger partial charge in [0, 0.05) is 31.2 Å². The van der Waals surface area contributed by atoms with E-state index in [1.165, 1.54) is 10.8 Å². The molecule has 1 aromatic carbocycles. The van der Waals surface area contributed by atoms with Crippen molar-refractivity contribution in [2.24, 2.45) is 5.73 Å². The van der Waals surface area contributed by atoms with E-state index in [2.05, 4.69) is 20.9 Å². The van der Waals surface area contributed by atoms with Crippen LogP contribution < -0.4 is 17.0 Å². The summed E-state index contributed by atoms with van der Waals surface area (Å²) in [5, 5.41) is 0. The number of carbonyl (C=O) groups is 1. The van der Waals surface area contributed by atoms with E-state index >= 15 is 0 Å². The summed E-state index contributed by atoms with van der Waals surface area (Å²) in [6.45, 7) is 0.823. The third-order valence-electron chi connectivity index (χ3n) is 4.22. The van der Waals surface area contributed by atoms with Gasteiger partial charge < -0.3 is 10.6 Å². The van der Waals surface area contributed by atoms with Crippen LogP contribution in [0.2, 0.25) is 0 Å². The molecule has 1 aromatic heterocycles. The molecule has 0 saturated carbocycles. The lowest BCUT2D eigenvalue weighted by Crippen LogP contribution is -2.38. The third-order valence-corrected chi connectivity index (χ3v) is 4.78. The summed E-state index contributed by atoms with van der Waals surface area (Å²) < 4.78 is 1.38. The first-order chi connectivity index (χ1) is 11.5. The molecule has 1 aliphatic heterocycles. The fraction of sp³-hybridized carbons (Fsp3) is 0.312. The van der Waals surface area contributed by atoms with Crippen molar-refractivity contribution in [1.82, 2.24) is 14.5 Å². The maximum Gasteiger partial charge on any atom is 0.328 e. The summed E-state index contributed by atoms with van der Waals surface area (Å²) in [4.78, 5) is 39.4. The Bertz CT molecular complexity index is 868. The standard InChI is InChI=1S/C16H17BrN4O3.ClH/c17-12-7-21(16(24)19-15(12)23)9-14(22)20-6-11(13(18)8-20)10-4-2-1-3-5-10;/h1-5,7,11,13H,6,8-9,18H2,(H,19,23,24);1H/t11-,13+;/m0./s1. The molecule has 2 atom stereocenters. The van der Waals surface area contributed by atoms with Gasteiger partial charge >= 0.3 is 5.69 Å². The number of nitrogens with zero attached hydrogens (tertiary/aromatic N) is 2. The van der Waals surface area contributed by atoms with E-state index in [0.717, 1.165) is 5.56 Å². The van der Waals surface area contributed by atoms with Crippen molar-refractivity contribution in [1.29, 1.82) is 0 Å². The smallest absolute Gasteiger partial charge is 0.328 e. The van der Waals surface area contributed by atoms with E-state index in [-0.39, 0.29) is 41.3 Å². The van der Waals surface area contributed by atoms with Crippen LogP contribution in [0.15, 0.2) is 50.6 Å². The zero-order valence-electron chi connectivity index (χ0n) is 13.2. The van der Waals surface area contributed by atoms with Crippen LogP contribution in [-0.4, -0.2) is 39.5 Å². The van der Waals surface area contributed by atoms with Crippen molar-refractivity contribution in [2.75, 3.05) is 13.1 Å². The normalized spacial score (nSPS) is 19.5. The molecule has 1 fully saturated rings. The van der Waals surface area contributed by atoms with Crippen LogP contribution in [0, 0.1) is 0 Å². The Kier molecular flexibility index (Phi) is 6.21. The van der Waals surface area contributed by atoms with Gasteiger partial charge in [0.1, 0.15) is 6.54 Å². The fourth-order valence-corrected chi connectivity index (χ4v) is 3.28. The number of nitrogens with one attached hydrogen (secondary N) is 1. The largest absolute Gasteiger partial charge is 0.339 e. The van der Waals surface area contributed by atoms with E-state index in [9.17, 15) is 14.4 Å². The first kappa shape index (κ1) is 19.4. The van der Waals surface area contributed by atoms with Crippen molar-refractivity contribution in [3.8, 4) is 0 Å². The van der Waals surface area contributed by atoms with Crippen molar-refractivity contribution in [3.05, 3.63) is 67.4 Å². The molecule has 134 valence electrons. The summed E-state index contributed by atoms with van der Waals surface area (Å²) in [5.41, 5.74) is 6.16. The molecule has 3 N–H and O–H groups in total. The molecule has 2 heterocycles. The molecule has 1 aliphatic rings. The number of aromatic nitrogens is 2. The zero-order valence-corrected chi connectivity index (χ0v) is 15.6. The average Bonchev–Trinajstić information content (AvgIpc) is 2.95. The predicted octanol–water partition coefficient (Wildman–Crippen LogP) is 0.674. The second-order valence-electron chi connectivity index (χ2n) is 5.84. The number of nitrogens with two attached hydrogens (primary N) is 1. The second kappa shape index (κ2) is 7.99. The molecule has 3 rings (SSSR count). The van der Waals surface area contributed by atoms with Gasteiger partial charge in [-0.05, 0) is 21.5 Å². The maximum absolute atomic E-state index is 12.5. The van der Waals surface area contributed by atoms with Crippen LogP contribution in [0.3, 0.4) is 0 Å². The molecule has 9 heteroatoms. The molecular weight excluding hydrogens is 412 g/mol. The number of halogens is 2. The quantitative estimate of drug-likeness (QED) is 0.749. The number of hydrogen-bond acceptors (Lipinski definition) is 4. The Labute approximate surface area is 158 Å². The highest BCUT2D eigenvalue weighted by Crippen LogP contribution is 2.26. The first-order valence-corrected chi connectivity index (χ1v) is 8.32. The average molecular weight is 430 g/mol. The minimum atomic E-state index is -0.611. The molecule has 25 heavy (non-hydrogen) atoms. The number of carbonyl (C=O) groups excluding carboxylic acids is 1. The van der Waals surface area contributed by atoms with Crippen LogP contribution in [-0.2, 0) is 11.3 Å². The lowest BCUT2D eigenvalue weighted by Gasteiger charge is -2.17. The van der Waals surface area contributed by atoms with E-state index in [1.807, 2.05) is 30.3 Å². The molecule has 1 amide bonds. The summed E-state index contributed by atoms with van der Waals surface area (Å²) in [6, 6.07) is 9.70. The van der Waals surface area contributed by atoms with Gasteiger partial charge in [-0.1, -0.05) is 30.3 Å². The number of H-pyrrole nitrogens is 1. The molecule has 2 aromatic rings. The first-order valence-electron chi connectivity index (χ1n) is 7.53. The Balaban J connectivity index is 0.00000225.